The number of carbonyl (C=O) groups is 2. The smallest absolute Gasteiger partial charge is 0.195 e. The van der Waals surface area contributed by atoms with Crippen LogP contribution in [0.15, 0.2) is 109 Å². The molecule has 0 saturated carbocycles. The van der Waals surface area contributed by atoms with Crippen LogP contribution in [0.3, 0.4) is 0 Å². The van der Waals surface area contributed by atoms with E-state index >= 15 is 0 Å². The highest BCUT2D eigenvalue weighted by Crippen LogP contribution is 2.39. The molecule has 1 aliphatic rings. The lowest BCUT2D eigenvalue weighted by atomic mass is 9.78. The summed E-state index contributed by atoms with van der Waals surface area (Å²) in [7, 11) is 0. The molecule has 0 atom stereocenters. The fraction of sp³-hybridized carbons (Fsp3) is 0.0588. The first-order valence-electron chi connectivity index (χ1n) is 12.1. The Balaban J connectivity index is 1.52. The standard InChI is InChI=1S/C34H24O2/c1-21-10-14-23(15-11-21)25-18-19-29-31(20-25)34(36)32-28(8-5-9-30(32)33(29)35)27-7-4-3-6-26(27)24-16-12-22(2)13-17-24/h3-20H,1-2H3. The van der Waals surface area contributed by atoms with Crippen LogP contribution in [0.2, 0.25) is 0 Å². The van der Waals surface area contributed by atoms with Crippen LogP contribution in [-0.4, -0.2) is 11.6 Å². The molecule has 6 rings (SSSR count). The molecule has 5 aromatic carbocycles. The van der Waals surface area contributed by atoms with Gasteiger partial charge in [-0.25, -0.2) is 0 Å². The van der Waals surface area contributed by atoms with Crippen LogP contribution in [0.1, 0.15) is 43.0 Å². The van der Waals surface area contributed by atoms with E-state index in [1.165, 1.54) is 11.1 Å². The summed E-state index contributed by atoms with van der Waals surface area (Å²) in [5.41, 5.74) is 10.0. The Labute approximate surface area is 210 Å². The Morgan fingerprint density at radius 3 is 1.64 bits per heavy atom. The van der Waals surface area contributed by atoms with Crippen molar-refractivity contribution in [3.05, 3.63) is 143 Å². The van der Waals surface area contributed by atoms with Gasteiger partial charge in [-0.3, -0.25) is 9.59 Å². The first kappa shape index (κ1) is 21.9. The van der Waals surface area contributed by atoms with Gasteiger partial charge in [-0.15, -0.1) is 0 Å². The molecule has 36 heavy (non-hydrogen) atoms. The molecular weight excluding hydrogens is 440 g/mol. The summed E-state index contributed by atoms with van der Waals surface area (Å²) < 4.78 is 0. The quantitative estimate of drug-likeness (QED) is 0.265. The third kappa shape index (κ3) is 3.59. The molecule has 0 fully saturated rings. The van der Waals surface area contributed by atoms with E-state index in [0.29, 0.717) is 22.3 Å². The van der Waals surface area contributed by atoms with Gasteiger partial charge in [0, 0.05) is 22.3 Å². The van der Waals surface area contributed by atoms with Crippen molar-refractivity contribution in [2.75, 3.05) is 0 Å². The lowest BCUT2D eigenvalue weighted by Gasteiger charge is -2.22. The summed E-state index contributed by atoms with van der Waals surface area (Å²) >= 11 is 0. The molecule has 0 N–H and O–H groups in total. The van der Waals surface area contributed by atoms with Crippen molar-refractivity contribution in [3.63, 3.8) is 0 Å². The first-order valence-corrected chi connectivity index (χ1v) is 12.1. The van der Waals surface area contributed by atoms with Crippen LogP contribution >= 0.6 is 0 Å². The van der Waals surface area contributed by atoms with Crippen LogP contribution in [0.4, 0.5) is 0 Å². The van der Waals surface area contributed by atoms with Gasteiger partial charge < -0.3 is 0 Å². The van der Waals surface area contributed by atoms with Crippen molar-refractivity contribution in [1.29, 1.82) is 0 Å². The highest BCUT2D eigenvalue weighted by molar-refractivity contribution is 6.30. The van der Waals surface area contributed by atoms with Crippen LogP contribution in [0.25, 0.3) is 33.4 Å². The molecule has 0 unspecified atom stereocenters. The molecule has 2 heteroatoms. The number of ketones is 2. The minimum atomic E-state index is -0.108. The summed E-state index contributed by atoms with van der Waals surface area (Å²) in [4.78, 5) is 27.6. The Morgan fingerprint density at radius 1 is 0.389 bits per heavy atom. The van der Waals surface area contributed by atoms with E-state index in [9.17, 15) is 9.59 Å². The van der Waals surface area contributed by atoms with Gasteiger partial charge >= 0.3 is 0 Å². The zero-order valence-corrected chi connectivity index (χ0v) is 20.2. The highest BCUT2D eigenvalue weighted by atomic mass is 16.1. The van der Waals surface area contributed by atoms with Gasteiger partial charge in [0.2, 0.25) is 0 Å². The van der Waals surface area contributed by atoms with Crippen molar-refractivity contribution in [1.82, 2.24) is 0 Å². The van der Waals surface area contributed by atoms with Crippen LogP contribution in [-0.2, 0) is 0 Å². The van der Waals surface area contributed by atoms with Crippen molar-refractivity contribution >= 4 is 11.6 Å². The van der Waals surface area contributed by atoms with Gasteiger partial charge in [0.1, 0.15) is 0 Å². The number of rotatable bonds is 3. The number of benzene rings is 5. The Hall–Kier alpha value is -4.56. The zero-order valence-electron chi connectivity index (χ0n) is 20.2. The zero-order chi connectivity index (χ0) is 24.8. The average Bonchev–Trinajstić information content (AvgIpc) is 2.92. The second-order valence-corrected chi connectivity index (χ2v) is 9.42. The molecule has 0 aromatic heterocycles. The maximum atomic E-state index is 14.0. The number of aryl methyl sites for hydroxylation is 2. The molecule has 0 radical (unpaired) electrons. The predicted octanol–water partition coefficient (Wildman–Crippen LogP) is 8.08. The van der Waals surface area contributed by atoms with E-state index in [-0.39, 0.29) is 11.6 Å². The molecule has 0 aliphatic heterocycles. The Bertz CT molecular complexity index is 1660. The van der Waals surface area contributed by atoms with Gasteiger partial charge in [0.25, 0.3) is 0 Å². The van der Waals surface area contributed by atoms with Crippen molar-refractivity contribution in [3.8, 4) is 33.4 Å². The molecule has 0 saturated heterocycles. The molecule has 1 aliphatic carbocycles. The van der Waals surface area contributed by atoms with Gasteiger partial charge in [-0.1, -0.05) is 108 Å². The summed E-state index contributed by atoms with van der Waals surface area (Å²) in [5.74, 6) is -0.215. The van der Waals surface area contributed by atoms with Crippen molar-refractivity contribution in [2.45, 2.75) is 13.8 Å². The topological polar surface area (TPSA) is 34.1 Å². The molecule has 0 bridgehead atoms. The summed E-state index contributed by atoms with van der Waals surface area (Å²) in [5, 5.41) is 0. The molecule has 2 nitrogen and oxygen atoms in total. The number of hydrogen-bond donors (Lipinski definition) is 0. The normalized spacial score (nSPS) is 12.3. The SMILES string of the molecule is Cc1ccc(-c2ccc3c(c2)C(=O)c2c(cccc2-c2ccccc2-c2ccc(C)cc2)C3=O)cc1. The maximum absolute atomic E-state index is 14.0. The van der Waals surface area contributed by atoms with E-state index in [1.54, 1.807) is 12.1 Å². The second kappa shape index (κ2) is 8.58. The van der Waals surface area contributed by atoms with Crippen LogP contribution in [0, 0.1) is 13.8 Å². The lowest BCUT2D eigenvalue weighted by molar-refractivity contribution is 0.0979. The van der Waals surface area contributed by atoms with E-state index in [1.807, 2.05) is 61.5 Å². The Kier molecular flexibility index (Phi) is 5.23. The van der Waals surface area contributed by atoms with E-state index < -0.39 is 0 Å². The van der Waals surface area contributed by atoms with E-state index in [4.69, 9.17) is 0 Å². The molecule has 0 spiro atoms. The number of carbonyl (C=O) groups excluding carboxylic acids is 2. The first-order chi connectivity index (χ1) is 17.5. The molecule has 172 valence electrons. The summed E-state index contributed by atoms with van der Waals surface area (Å²) in [6, 6.07) is 35.8. The maximum Gasteiger partial charge on any atom is 0.195 e. The van der Waals surface area contributed by atoms with Gasteiger partial charge in [-0.2, -0.15) is 0 Å². The van der Waals surface area contributed by atoms with Crippen LogP contribution in [0.5, 0.6) is 0 Å². The van der Waals surface area contributed by atoms with E-state index in [0.717, 1.165) is 33.4 Å². The van der Waals surface area contributed by atoms with Crippen molar-refractivity contribution < 1.29 is 9.59 Å². The minimum absolute atomic E-state index is 0.107. The lowest BCUT2D eigenvalue weighted by Crippen LogP contribution is -2.22. The molecule has 5 aromatic rings. The third-order valence-corrected chi connectivity index (χ3v) is 7.01. The third-order valence-electron chi connectivity index (χ3n) is 7.01. The van der Waals surface area contributed by atoms with Crippen LogP contribution < -0.4 is 0 Å². The fourth-order valence-corrected chi connectivity index (χ4v) is 5.05. The summed E-state index contributed by atoms with van der Waals surface area (Å²) in [6.45, 7) is 4.11. The van der Waals surface area contributed by atoms with Gasteiger partial charge in [0.15, 0.2) is 11.6 Å². The molecule has 0 amide bonds. The number of hydrogen-bond acceptors (Lipinski definition) is 2. The second-order valence-electron chi connectivity index (χ2n) is 9.42. The van der Waals surface area contributed by atoms with Gasteiger partial charge in [-0.05, 0) is 59.4 Å². The largest absolute Gasteiger partial charge is 0.289 e. The van der Waals surface area contributed by atoms with E-state index in [2.05, 4.69) is 49.4 Å². The Morgan fingerprint density at radius 2 is 0.944 bits per heavy atom. The fourth-order valence-electron chi connectivity index (χ4n) is 5.05. The average molecular weight is 465 g/mol. The van der Waals surface area contributed by atoms with Crippen molar-refractivity contribution in [2.24, 2.45) is 0 Å². The monoisotopic (exact) mass is 464 g/mol. The summed E-state index contributed by atoms with van der Waals surface area (Å²) in [6.07, 6.45) is 0. The molecular formula is C34H24O2. The van der Waals surface area contributed by atoms with Gasteiger partial charge in [0.05, 0.1) is 0 Å². The number of fused-ring (bicyclic) bond motifs is 2. The highest BCUT2D eigenvalue weighted by Gasteiger charge is 2.32. The molecule has 0 heterocycles. The minimum Gasteiger partial charge on any atom is -0.289 e. The predicted molar refractivity (Wildman–Crippen MR) is 146 cm³/mol.